The summed E-state index contributed by atoms with van der Waals surface area (Å²) in [5.41, 5.74) is 2.01. The minimum Gasteiger partial charge on any atom is -0.235 e. The average molecular weight is 363 g/mol. The zero-order valence-corrected chi connectivity index (χ0v) is 12.7. The molecule has 0 atom stereocenters. The van der Waals surface area contributed by atoms with Gasteiger partial charge in [0.25, 0.3) is 0 Å². The first-order valence-corrected chi connectivity index (χ1v) is 7.03. The number of hydrogen-bond acceptors (Lipinski definition) is 1. The minimum absolute atomic E-state index is 0.605. The van der Waals surface area contributed by atoms with Gasteiger partial charge in [-0.15, -0.1) is 0 Å². The standard InChI is InChI=1S/C12H10Br2ClN/c1-2-3-7-6-8-9(13)4-5-10(14)11(8)16-12(7)15/h4-6H,2-3H2,1H3. The zero-order valence-electron chi connectivity index (χ0n) is 8.73. The molecular weight excluding hydrogens is 353 g/mol. The Bertz CT molecular complexity index is 540. The Hall–Kier alpha value is -0.120. The van der Waals surface area contributed by atoms with Gasteiger partial charge in [-0.1, -0.05) is 40.9 Å². The van der Waals surface area contributed by atoms with Crippen molar-refractivity contribution in [2.75, 3.05) is 0 Å². The quantitative estimate of drug-likeness (QED) is 0.654. The van der Waals surface area contributed by atoms with E-state index in [1.54, 1.807) is 0 Å². The fourth-order valence-electron chi connectivity index (χ4n) is 1.66. The zero-order chi connectivity index (χ0) is 11.7. The Morgan fingerprint density at radius 2 is 1.94 bits per heavy atom. The Balaban J connectivity index is 2.73. The van der Waals surface area contributed by atoms with Crippen LogP contribution in [-0.4, -0.2) is 4.98 Å². The van der Waals surface area contributed by atoms with Gasteiger partial charge in [-0.05, 0) is 46.1 Å². The van der Waals surface area contributed by atoms with E-state index in [9.17, 15) is 0 Å². The first-order chi connectivity index (χ1) is 7.63. The molecular formula is C12H10Br2ClN. The number of benzene rings is 1. The van der Waals surface area contributed by atoms with E-state index in [1.807, 2.05) is 12.1 Å². The molecule has 84 valence electrons. The van der Waals surface area contributed by atoms with Gasteiger partial charge in [0.1, 0.15) is 5.15 Å². The van der Waals surface area contributed by atoms with Crippen LogP contribution in [0.4, 0.5) is 0 Å². The fraction of sp³-hybridized carbons (Fsp3) is 0.250. The summed E-state index contributed by atoms with van der Waals surface area (Å²) in [5.74, 6) is 0. The molecule has 1 aromatic heterocycles. The molecule has 0 amide bonds. The lowest BCUT2D eigenvalue weighted by atomic mass is 10.1. The number of aryl methyl sites for hydroxylation is 1. The minimum atomic E-state index is 0.605. The summed E-state index contributed by atoms with van der Waals surface area (Å²) in [4.78, 5) is 4.44. The van der Waals surface area contributed by atoms with Crippen molar-refractivity contribution in [3.8, 4) is 0 Å². The summed E-state index contributed by atoms with van der Waals surface area (Å²) >= 11 is 13.2. The molecule has 0 N–H and O–H groups in total. The van der Waals surface area contributed by atoms with Gasteiger partial charge in [0, 0.05) is 14.3 Å². The predicted molar refractivity (Wildman–Crippen MR) is 76.1 cm³/mol. The summed E-state index contributed by atoms with van der Waals surface area (Å²) < 4.78 is 2.02. The Labute approximate surface area is 116 Å². The monoisotopic (exact) mass is 361 g/mol. The number of aromatic nitrogens is 1. The molecule has 0 aliphatic rings. The van der Waals surface area contributed by atoms with Crippen LogP contribution in [0.15, 0.2) is 27.1 Å². The molecule has 2 aromatic rings. The van der Waals surface area contributed by atoms with E-state index in [1.165, 1.54) is 0 Å². The molecule has 0 aliphatic carbocycles. The van der Waals surface area contributed by atoms with Crippen molar-refractivity contribution >= 4 is 54.4 Å². The van der Waals surface area contributed by atoms with Gasteiger partial charge in [0.15, 0.2) is 0 Å². The van der Waals surface area contributed by atoms with Gasteiger partial charge in [0.05, 0.1) is 5.52 Å². The van der Waals surface area contributed by atoms with Crippen molar-refractivity contribution in [2.24, 2.45) is 0 Å². The number of nitrogens with zero attached hydrogens (tertiary/aromatic N) is 1. The maximum absolute atomic E-state index is 6.16. The summed E-state index contributed by atoms with van der Waals surface area (Å²) in [6.07, 6.45) is 2.03. The highest BCUT2D eigenvalue weighted by Crippen LogP contribution is 2.32. The number of hydrogen-bond donors (Lipinski definition) is 0. The molecule has 1 heterocycles. The lowest BCUT2D eigenvalue weighted by Crippen LogP contribution is -1.91. The molecule has 0 saturated heterocycles. The topological polar surface area (TPSA) is 12.9 Å². The summed E-state index contributed by atoms with van der Waals surface area (Å²) in [7, 11) is 0. The number of fused-ring (bicyclic) bond motifs is 1. The first-order valence-electron chi connectivity index (χ1n) is 5.06. The molecule has 0 radical (unpaired) electrons. The van der Waals surface area contributed by atoms with Crippen LogP contribution < -0.4 is 0 Å². The summed E-state index contributed by atoms with van der Waals surface area (Å²) in [6.45, 7) is 2.14. The number of rotatable bonds is 2. The van der Waals surface area contributed by atoms with Gasteiger partial charge in [-0.2, -0.15) is 0 Å². The van der Waals surface area contributed by atoms with Crippen LogP contribution in [0.2, 0.25) is 5.15 Å². The lowest BCUT2D eigenvalue weighted by Gasteiger charge is -2.07. The van der Waals surface area contributed by atoms with Crippen LogP contribution in [0, 0.1) is 0 Å². The van der Waals surface area contributed by atoms with Crippen LogP contribution in [0.5, 0.6) is 0 Å². The molecule has 0 fully saturated rings. The van der Waals surface area contributed by atoms with Gasteiger partial charge < -0.3 is 0 Å². The third-order valence-corrected chi connectivity index (χ3v) is 4.09. The van der Waals surface area contributed by atoms with E-state index in [-0.39, 0.29) is 0 Å². The highest BCUT2D eigenvalue weighted by atomic mass is 79.9. The average Bonchev–Trinajstić information content (AvgIpc) is 2.26. The van der Waals surface area contributed by atoms with Crippen LogP contribution in [0.3, 0.4) is 0 Å². The highest BCUT2D eigenvalue weighted by Gasteiger charge is 2.09. The van der Waals surface area contributed by atoms with Crippen LogP contribution in [0.1, 0.15) is 18.9 Å². The lowest BCUT2D eigenvalue weighted by molar-refractivity contribution is 0.917. The van der Waals surface area contributed by atoms with Gasteiger partial charge in [-0.3, -0.25) is 0 Å². The maximum atomic E-state index is 6.16. The van der Waals surface area contributed by atoms with E-state index in [0.717, 1.165) is 38.3 Å². The Kier molecular flexibility index (Phi) is 3.88. The molecule has 16 heavy (non-hydrogen) atoms. The Morgan fingerprint density at radius 1 is 1.25 bits per heavy atom. The summed E-state index contributed by atoms with van der Waals surface area (Å²) in [5, 5.41) is 1.70. The van der Waals surface area contributed by atoms with E-state index < -0.39 is 0 Å². The SMILES string of the molecule is CCCc1cc2c(Br)ccc(Br)c2nc1Cl. The normalized spacial score (nSPS) is 11.0. The van der Waals surface area contributed by atoms with Crippen molar-refractivity contribution in [1.82, 2.24) is 4.98 Å². The summed E-state index contributed by atoms with van der Waals surface area (Å²) in [6, 6.07) is 6.09. The second kappa shape index (κ2) is 5.03. The number of pyridine rings is 1. The van der Waals surface area contributed by atoms with Crippen molar-refractivity contribution < 1.29 is 0 Å². The van der Waals surface area contributed by atoms with E-state index in [0.29, 0.717) is 5.15 Å². The second-order valence-electron chi connectivity index (χ2n) is 3.61. The number of halogens is 3. The van der Waals surface area contributed by atoms with Crippen molar-refractivity contribution in [3.63, 3.8) is 0 Å². The third-order valence-electron chi connectivity index (χ3n) is 2.43. The van der Waals surface area contributed by atoms with Crippen molar-refractivity contribution in [1.29, 1.82) is 0 Å². The molecule has 0 spiro atoms. The third kappa shape index (κ3) is 2.27. The van der Waals surface area contributed by atoms with Crippen molar-refractivity contribution in [3.05, 3.63) is 37.9 Å². The predicted octanol–water partition coefficient (Wildman–Crippen LogP) is 5.37. The highest BCUT2D eigenvalue weighted by molar-refractivity contribution is 9.11. The molecule has 4 heteroatoms. The molecule has 0 saturated carbocycles. The molecule has 2 rings (SSSR count). The van der Waals surface area contributed by atoms with Gasteiger partial charge in [0.2, 0.25) is 0 Å². The second-order valence-corrected chi connectivity index (χ2v) is 5.68. The molecule has 0 unspecified atom stereocenters. The van der Waals surface area contributed by atoms with E-state index >= 15 is 0 Å². The maximum Gasteiger partial charge on any atom is 0.133 e. The van der Waals surface area contributed by atoms with Crippen LogP contribution >= 0.6 is 43.5 Å². The smallest absolute Gasteiger partial charge is 0.133 e. The largest absolute Gasteiger partial charge is 0.235 e. The fourth-order valence-corrected chi connectivity index (χ4v) is 2.76. The van der Waals surface area contributed by atoms with Crippen molar-refractivity contribution in [2.45, 2.75) is 19.8 Å². The van der Waals surface area contributed by atoms with Crippen LogP contribution in [-0.2, 0) is 6.42 Å². The van der Waals surface area contributed by atoms with Crippen LogP contribution in [0.25, 0.3) is 10.9 Å². The first kappa shape index (κ1) is 12.3. The molecule has 0 aliphatic heterocycles. The van der Waals surface area contributed by atoms with E-state index in [4.69, 9.17) is 11.6 Å². The molecule has 1 aromatic carbocycles. The molecule has 0 bridgehead atoms. The van der Waals surface area contributed by atoms with E-state index in [2.05, 4.69) is 49.8 Å². The van der Waals surface area contributed by atoms with Gasteiger partial charge >= 0.3 is 0 Å². The molecule has 1 nitrogen and oxygen atoms in total. The van der Waals surface area contributed by atoms with Gasteiger partial charge in [-0.25, -0.2) is 4.98 Å². The Morgan fingerprint density at radius 3 is 2.62 bits per heavy atom.